The summed E-state index contributed by atoms with van der Waals surface area (Å²) >= 11 is 12.0. The third-order valence-corrected chi connectivity index (χ3v) is 3.99. The van der Waals surface area contributed by atoms with Crippen molar-refractivity contribution in [1.82, 2.24) is 9.55 Å². The minimum Gasteiger partial charge on any atom is -0.327 e. The van der Waals surface area contributed by atoms with Crippen LogP contribution in [-0.4, -0.2) is 14.5 Å². The molecule has 0 bridgehead atoms. The van der Waals surface area contributed by atoms with Crippen molar-refractivity contribution in [3.63, 3.8) is 0 Å². The Kier molecular flexibility index (Phi) is 3.31. The van der Waals surface area contributed by atoms with Crippen LogP contribution in [-0.2, 0) is 7.05 Å². The molecule has 7 heteroatoms. The first-order valence-electron chi connectivity index (χ1n) is 6.04. The zero-order chi connectivity index (χ0) is 15.1. The molecule has 3 rings (SSSR count). The van der Waals surface area contributed by atoms with Gasteiger partial charge in [-0.1, -0.05) is 35.3 Å². The zero-order valence-electron chi connectivity index (χ0n) is 10.9. The number of para-hydroxylation sites is 1. The molecule has 1 aromatic heterocycles. The second kappa shape index (κ2) is 5.02. The molecule has 0 N–H and O–H groups in total. The number of aryl methyl sites for hydroxylation is 1. The summed E-state index contributed by atoms with van der Waals surface area (Å²) in [6, 6.07) is 9.83. The van der Waals surface area contributed by atoms with Gasteiger partial charge in [0.25, 0.3) is 5.69 Å². The number of aromatic nitrogens is 2. The van der Waals surface area contributed by atoms with Crippen molar-refractivity contribution in [1.29, 1.82) is 0 Å². The average molecular weight is 322 g/mol. The third kappa shape index (κ3) is 2.24. The summed E-state index contributed by atoms with van der Waals surface area (Å²) in [4.78, 5) is 15.2. The van der Waals surface area contributed by atoms with Gasteiger partial charge >= 0.3 is 0 Å². The molecule has 1 heterocycles. The molecule has 106 valence electrons. The maximum atomic E-state index is 11.2. The minimum absolute atomic E-state index is 0.00750. The normalized spacial score (nSPS) is 11.0. The molecule has 2 aromatic carbocycles. The Morgan fingerprint density at radius 2 is 1.86 bits per heavy atom. The fraction of sp³-hybridized carbons (Fsp3) is 0.0714. The van der Waals surface area contributed by atoms with Crippen molar-refractivity contribution in [3.8, 4) is 11.4 Å². The van der Waals surface area contributed by atoms with Crippen LogP contribution in [0.4, 0.5) is 5.69 Å². The maximum Gasteiger partial charge on any atom is 0.280 e. The van der Waals surface area contributed by atoms with E-state index in [0.717, 1.165) is 5.52 Å². The van der Waals surface area contributed by atoms with Crippen LogP contribution in [0.25, 0.3) is 22.4 Å². The number of nitro benzene ring substituents is 1. The van der Waals surface area contributed by atoms with Crippen LogP contribution in [0.1, 0.15) is 0 Å². The van der Waals surface area contributed by atoms with Gasteiger partial charge in [0, 0.05) is 13.1 Å². The first kappa shape index (κ1) is 13.9. The number of nitro groups is 1. The maximum absolute atomic E-state index is 11.2. The van der Waals surface area contributed by atoms with E-state index in [0.29, 0.717) is 26.9 Å². The summed E-state index contributed by atoms with van der Waals surface area (Å²) in [5, 5.41) is 12.0. The van der Waals surface area contributed by atoms with E-state index in [1.165, 1.54) is 6.07 Å². The Bertz CT molecular complexity index is 874. The van der Waals surface area contributed by atoms with Crippen LogP contribution >= 0.6 is 23.2 Å². The number of fused-ring (bicyclic) bond motifs is 1. The van der Waals surface area contributed by atoms with Crippen molar-refractivity contribution in [2.24, 2.45) is 7.05 Å². The number of nitrogens with zero attached hydrogens (tertiary/aromatic N) is 3. The molecule has 0 saturated carbocycles. The smallest absolute Gasteiger partial charge is 0.280 e. The Balaban J connectivity index is 2.32. The quantitative estimate of drug-likeness (QED) is 0.517. The molecule has 0 unspecified atom stereocenters. The standard InChI is InChI=1S/C14H9Cl2N3O2/c1-18-13-7-10(16)9(15)6-11(13)17-14(18)8-4-2-3-5-12(8)19(20)21/h2-7H,1H3. The van der Waals surface area contributed by atoms with Gasteiger partial charge in [-0.2, -0.15) is 0 Å². The minimum atomic E-state index is -0.422. The highest BCUT2D eigenvalue weighted by Crippen LogP contribution is 2.33. The summed E-state index contributed by atoms with van der Waals surface area (Å²) in [7, 11) is 1.78. The van der Waals surface area contributed by atoms with Crippen molar-refractivity contribution in [2.75, 3.05) is 0 Å². The van der Waals surface area contributed by atoms with E-state index in [2.05, 4.69) is 4.98 Å². The van der Waals surface area contributed by atoms with Crippen LogP contribution in [0, 0.1) is 10.1 Å². The molecular weight excluding hydrogens is 313 g/mol. The monoisotopic (exact) mass is 321 g/mol. The van der Waals surface area contributed by atoms with Gasteiger partial charge in [0.2, 0.25) is 0 Å². The van der Waals surface area contributed by atoms with E-state index in [1.807, 2.05) is 0 Å². The molecular formula is C14H9Cl2N3O2. The van der Waals surface area contributed by atoms with Crippen LogP contribution in [0.2, 0.25) is 10.0 Å². The molecule has 0 aliphatic carbocycles. The highest BCUT2D eigenvalue weighted by atomic mass is 35.5. The van der Waals surface area contributed by atoms with Crippen LogP contribution in [0.5, 0.6) is 0 Å². The third-order valence-electron chi connectivity index (χ3n) is 3.26. The molecule has 0 spiro atoms. The van der Waals surface area contributed by atoms with Crippen molar-refractivity contribution in [3.05, 3.63) is 56.6 Å². The molecule has 0 amide bonds. The fourth-order valence-corrected chi connectivity index (χ4v) is 2.57. The second-order valence-corrected chi connectivity index (χ2v) is 5.34. The topological polar surface area (TPSA) is 61.0 Å². The van der Waals surface area contributed by atoms with Gasteiger partial charge in [-0.05, 0) is 18.2 Å². The van der Waals surface area contributed by atoms with Gasteiger partial charge in [-0.3, -0.25) is 10.1 Å². The summed E-state index contributed by atoms with van der Waals surface area (Å²) in [6.07, 6.45) is 0. The Morgan fingerprint density at radius 3 is 2.57 bits per heavy atom. The molecule has 0 aliphatic rings. The summed E-state index contributed by atoms with van der Waals surface area (Å²) in [6.45, 7) is 0. The molecule has 0 aliphatic heterocycles. The van der Waals surface area contributed by atoms with Gasteiger partial charge in [-0.25, -0.2) is 4.98 Å². The lowest BCUT2D eigenvalue weighted by Crippen LogP contribution is -1.97. The molecule has 0 radical (unpaired) electrons. The lowest BCUT2D eigenvalue weighted by molar-refractivity contribution is -0.384. The van der Waals surface area contributed by atoms with E-state index in [-0.39, 0.29) is 5.69 Å². The predicted molar refractivity (Wildman–Crippen MR) is 82.8 cm³/mol. The van der Waals surface area contributed by atoms with E-state index in [4.69, 9.17) is 23.2 Å². The number of benzene rings is 2. The van der Waals surface area contributed by atoms with Crippen molar-refractivity contribution in [2.45, 2.75) is 0 Å². The Morgan fingerprint density at radius 1 is 1.19 bits per heavy atom. The fourth-order valence-electron chi connectivity index (χ4n) is 2.25. The lowest BCUT2D eigenvalue weighted by Gasteiger charge is -2.03. The first-order chi connectivity index (χ1) is 9.99. The zero-order valence-corrected chi connectivity index (χ0v) is 12.4. The van der Waals surface area contributed by atoms with Gasteiger partial charge in [0.05, 0.1) is 31.6 Å². The van der Waals surface area contributed by atoms with Crippen LogP contribution < -0.4 is 0 Å². The molecule has 5 nitrogen and oxygen atoms in total. The number of halogens is 2. The number of rotatable bonds is 2. The lowest BCUT2D eigenvalue weighted by atomic mass is 10.1. The Labute approximate surface area is 129 Å². The van der Waals surface area contributed by atoms with E-state index in [9.17, 15) is 10.1 Å². The highest BCUT2D eigenvalue weighted by molar-refractivity contribution is 6.42. The summed E-state index contributed by atoms with van der Waals surface area (Å²) in [5.74, 6) is 0.496. The van der Waals surface area contributed by atoms with Crippen LogP contribution in [0.15, 0.2) is 36.4 Å². The van der Waals surface area contributed by atoms with Crippen molar-refractivity contribution >= 4 is 39.9 Å². The largest absolute Gasteiger partial charge is 0.327 e. The molecule has 0 atom stereocenters. The van der Waals surface area contributed by atoms with Gasteiger partial charge in [-0.15, -0.1) is 0 Å². The SMILES string of the molecule is Cn1c(-c2ccccc2[N+](=O)[O-])nc2cc(Cl)c(Cl)cc21. The van der Waals surface area contributed by atoms with Gasteiger partial charge in [0.1, 0.15) is 5.82 Å². The molecule has 3 aromatic rings. The predicted octanol–water partition coefficient (Wildman–Crippen LogP) is 4.46. The molecule has 21 heavy (non-hydrogen) atoms. The van der Waals surface area contributed by atoms with E-state index in [1.54, 1.807) is 41.9 Å². The number of hydrogen-bond donors (Lipinski definition) is 0. The first-order valence-corrected chi connectivity index (χ1v) is 6.80. The highest BCUT2D eigenvalue weighted by Gasteiger charge is 2.20. The van der Waals surface area contributed by atoms with E-state index >= 15 is 0 Å². The average Bonchev–Trinajstić information content (AvgIpc) is 2.76. The van der Waals surface area contributed by atoms with Crippen molar-refractivity contribution < 1.29 is 4.92 Å². The Hall–Kier alpha value is -2.11. The second-order valence-electron chi connectivity index (χ2n) is 4.52. The number of imidazole rings is 1. The summed E-state index contributed by atoms with van der Waals surface area (Å²) in [5.41, 5.74) is 1.86. The summed E-state index contributed by atoms with van der Waals surface area (Å²) < 4.78 is 1.76. The molecule has 0 fully saturated rings. The van der Waals surface area contributed by atoms with E-state index < -0.39 is 4.92 Å². The molecule has 0 saturated heterocycles. The van der Waals surface area contributed by atoms with Crippen LogP contribution in [0.3, 0.4) is 0 Å². The number of hydrogen-bond acceptors (Lipinski definition) is 3. The van der Waals surface area contributed by atoms with Gasteiger partial charge in [0.15, 0.2) is 0 Å². The van der Waals surface area contributed by atoms with Gasteiger partial charge < -0.3 is 4.57 Å².